The average molecular weight is 308 g/mol. The molecule has 1 aliphatic rings. The Balaban J connectivity index is 2.14. The highest BCUT2D eigenvalue weighted by molar-refractivity contribution is 7.80. The topological polar surface area (TPSA) is 71.7 Å². The summed E-state index contributed by atoms with van der Waals surface area (Å²) >= 11 is 4.88. The molecule has 6 heteroatoms. The van der Waals surface area contributed by atoms with Crippen LogP contribution in [0.25, 0.3) is 21.7 Å². The SMILES string of the molecule is O=C1NC(=S)N=C1c1cc(=O)oc2c1ccc1ccccc12. The number of carbonyl (C=O) groups excluding carboxylic acids is 1. The van der Waals surface area contributed by atoms with Gasteiger partial charge in [-0.05, 0) is 23.7 Å². The molecule has 1 aromatic heterocycles. The van der Waals surface area contributed by atoms with Gasteiger partial charge in [0.15, 0.2) is 0 Å². The van der Waals surface area contributed by atoms with E-state index >= 15 is 0 Å². The van der Waals surface area contributed by atoms with Crippen molar-refractivity contribution in [2.45, 2.75) is 0 Å². The zero-order chi connectivity index (χ0) is 15.3. The Morgan fingerprint density at radius 2 is 1.86 bits per heavy atom. The summed E-state index contributed by atoms with van der Waals surface area (Å²) in [6.07, 6.45) is 0. The maximum Gasteiger partial charge on any atom is 0.336 e. The first-order valence-corrected chi connectivity index (χ1v) is 6.94. The van der Waals surface area contributed by atoms with E-state index in [1.165, 1.54) is 6.07 Å². The molecule has 0 saturated carbocycles. The zero-order valence-corrected chi connectivity index (χ0v) is 11.9. The number of thiocarbonyl (C=S) groups is 1. The average Bonchev–Trinajstić information content (AvgIpc) is 2.85. The second kappa shape index (κ2) is 4.57. The first kappa shape index (κ1) is 12.8. The Kier molecular flexibility index (Phi) is 2.67. The molecule has 3 aromatic rings. The molecule has 106 valence electrons. The third kappa shape index (κ3) is 1.85. The lowest BCUT2D eigenvalue weighted by atomic mass is 10.0. The molecule has 0 bridgehead atoms. The number of nitrogens with one attached hydrogen (secondary N) is 1. The minimum atomic E-state index is -0.535. The number of nitrogens with zero attached hydrogens (tertiary/aromatic N) is 1. The maximum absolute atomic E-state index is 11.9. The summed E-state index contributed by atoms with van der Waals surface area (Å²) in [7, 11) is 0. The highest BCUT2D eigenvalue weighted by Gasteiger charge is 2.25. The van der Waals surface area contributed by atoms with Crippen molar-refractivity contribution in [1.82, 2.24) is 5.32 Å². The summed E-state index contributed by atoms with van der Waals surface area (Å²) in [6.45, 7) is 0. The number of carbonyl (C=O) groups is 1. The highest BCUT2D eigenvalue weighted by atomic mass is 32.1. The van der Waals surface area contributed by atoms with Crippen LogP contribution in [0, 0.1) is 0 Å². The van der Waals surface area contributed by atoms with Crippen LogP contribution in [0.2, 0.25) is 0 Å². The largest absolute Gasteiger partial charge is 0.422 e. The molecule has 0 spiro atoms. The lowest BCUT2D eigenvalue weighted by Gasteiger charge is -2.06. The fourth-order valence-corrected chi connectivity index (χ4v) is 2.79. The Hall–Kier alpha value is -2.86. The molecule has 0 aliphatic carbocycles. The fraction of sp³-hybridized carbons (Fsp3) is 0. The fourth-order valence-electron chi connectivity index (χ4n) is 2.61. The Bertz CT molecular complexity index is 1070. The monoisotopic (exact) mass is 308 g/mol. The van der Waals surface area contributed by atoms with Crippen LogP contribution in [0.4, 0.5) is 0 Å². The van der Waals surface area contributed by atoms with Crippen molar-refractivity contribution < 1.29 is 9.21 Å². The third-order valence-electron chi connectivity index (χ3n) is 3.54. The van der Waals surface area contributed by atoms with Crippen molar-refractivity contribution in [3.63, 3.8) is 0 Å². The van der Waals surface area contributed by atoms with Crippen molar-refractivity contribution in [2.24, 2.45) is 4.99 Å². The summed E-state index contributed by atoms with van der Waals surface area (Å²) in [5, 5.41) is 4.95. The highest BCUT2D eigenvalue weighted by Crippen LogP contribution is 2.27. The van der Waals surface area contributed by atoms with Crippen LogP contribution >= 0.6 is 12.2 Å². The van der Waals surface area contributed by atoms with E-state index in [4.69, 9.17) is 16.6 Å². The van der Waals surface area contributed by atoms with Gasteiger partial charge in [-0.15, -0.1) is 0 Å². The van der Waals surface area contributed by atoms with Gasteiger partial charge in [0.05, 0.1) is 0 Å². The summed E-state index contributed by atoms with van der Waals surface area (Å²) in [5.41, 5.74) is 0.466. The molecule has 0 saturated heterocycles. The maximum atomic E-state index is 11.9. The lowest BCUT2D eigenvalue weighted by Crippen LogP contribution is -2.26. The molecular formula is C16H8N2O3S. The summed E-state index contributed by atoms with van der Waals surface area (Å²) in [6, 6.07) is 12.6. The number of rotatable bonds is 1. The molecule has 0 fully saturated rings. The van der Waals surface area contributed by atoms with Gasteiger partial charge in [0, 0.05) is 22.4 Å². The second-order valence-electron chi connectivity index (χ2n) is 4.86. The van der Waals surface area contributed by atoms with Crippen molar-refractivity contribution in [3.8, 4) is 0 Å². The molecule has 4 rings (SSSR count). The number of hydrogen-bond acceptors (Lipinski definition) is 4. The van der Waals surface area contributed by atoms with Crippen LogP contribution in [0.1, 0.15) is 5.56 Å². The van der Waals surface area contributed by atoms with Crippen LogP contribution in [0.15, 0.2) is 56.7 Å². The molecule has 1 aliphatic heterocycles. The number of hydrogen-bond donors (Lipinski definition) is 1. The molecule has 0 atom stereocenters. The van der Waals surface area contributed by atoms with E-state index in [9.17, 15) is 9.59 Å². The van der Waals surface area contributed by atoms with E-state index in [-0.39, 0.29) is 10.8 Å². The lowest BCUT2D eigenvalue weighted by molar-refractivity contribution is -0.113. The quantitative estimate of drug-likeness (QED) is 0.425. The van der Waals surface area contributed by atoms with Gasteiger partial charge in [0.1, 0.15) is 11.3 Å². The van der Waals surface area contributed by atoms with E-state index in [1.807, 2.05) is 36.4 Å². The van der Waals surface area contributed by atoms with E-state index < -0.39 is 11.5 Å². The van der Waals surface area contributed by atoms with Crippen molar-refractivity contribution in [3.05, 3.63) is 58.4 Å². The van der Waals surface area contributed by atoms with Gasteiger partial charge in [0.25, 0.3) is 5.91 Å². The van der Waals surface area contributed by atoms with Gasteiger partial charge in [-0.1, -0.05) is 30.3 Å². The van der Waals surface area contributed by atoms with Crippen LogP contribution in [-0.2, 0) is 4.79 Å². The standard InChI is InChI=1S/C16H8N2O3S/c19-12-7-11(13-15(20)18-16(22)17-13)10-6-5-8-3-1-2-4-9(8)14(10)21-12/h1-7H,(H,18,20,22). The van der Waals surface area contributed by atoms with E-state index in [0.717, 1.165) is 10.8 Å². The molecule has 0 radical (unpaired) electrons. The van der Waals surface area contributed by atoms with Crippen molar-refractivity contribution in [2.75, 3.05) is 0 Å². The molecule has 1 N–H and O–H groups in total. The summed E-state index contributed by atoms with van der Waals surface area (Å²) < 4.78 is 5.36. The van der Waals surface area contributed by atoms with Crippen LogP contribution in [0.3, 0.4) is 0 Å². The molecule has 5 nitrogen and oxygen atoms in total. The van der Waals surface area contributed by atoms with Crippen molar-refractivity contribution >= 4 is 50.7 Å². The van der Waals surface area contributed by atoms with E-state index in [0.29, 0.717) is 16.5 Å². The van der Waals surface area contributed by atoms with Gasteiger partial charge in [-0.3, -0.25) is 10.1 Å². The number of aliphatic imine (C=N–C) groups is 1. The third-order valence-corrected chi connectivity index (χ3v) is 3.73. The molecule has 22 heavy (non-hydrogen) atoms. The van der Waals surface area contributed by atoms with Crippen LogP contribution < -0.4 is 10.9 Å². The van der Waals surface area contributed by atoms with Gasteiger partial charge in [-0.25, -0.2) is 9.79 Å². The van der Waals surface area contributed by atoms with Gasteiger partial charge < -0.3 is 4.42 Å². The van der Waals surface area contributed by atoms with E-state index in [2.05, 4.69) is 10.3 Å². The zero-order valence-electron chi connectivity index (χ0n) is 11.1. The normalized spacial score (nSPS) is 14.5. The van der Waals surface area contributed by atoms with Crippen LogP contribution in [-0.4, -0.2) is 16.7 Å². The van der Waals surface area contributed by atoms with Gasteiger partial charge >= 0.3 is 5.63 Å². The summed E-state index contributed by atoms with van der Waals surface area (Å²) in [4.78, 5) is 27.9. The Morgan fingerprint density at radius 3 is 2.64 bits per heavy atom. The van der Waals surface area contributed by atoms with Crippen LogP contribution in [0.5, 0.6) is 0 Å². The predicted octanol–water partition coefficient (Wildman–Crippen LogP) is 2.15. The molecular weight excluding hydrogens is 300 g/mol. The molecule has 0 unspecified atom stereocenters. The Labute approximate surface area is 129 Å². The first-order chi connectivity index (χ1) is 10.6. The number of fused-ring (bicyclic) bond motifs is 3. The van der Waals surface area contributed by atoms with Crippen molar-refractivity contribution in [1.29, 1.82) is 0 Å². The molecule has 2 heterocycles. The van der Waals surface area contributed by atoms with Gasteiger partial charge in [0.2, 0.25) is 5.11 Å². The Morgan fingerprint density at radius 1 is 1.05 bits per heavy atom. The minimum Gasteiger partial charge on any atom is -0.422 e. The first-order valence-electron chi connectivity index (χ1n) is 6.53. The number of amides is 1. The predicted molar refractivity (Wildman–Crippen MR) is 87.3 cm³/mol. The molecule has 2 aromatic carbocycles. The summed E-state index contributed by atoms with van der Waals surface area (Å²) in [5.74, 6) is -0.412. The van der Waals surface area contributed by atoms with E-state index in [1.54, 1.807) is 0 Å². The number of benzene rings is 2. The smallest absolute Gasteiger partial charge is 0.336 e. The van der Waals surface area contributed by atoms with Gasteiger partial charge in [-0.2, -0.15) is 0 Å². The second-order valence-corrected chi connectivity index (χ2v) is 5.25. The minimum absolute atomic E-state index is 0.0992. The molecule has 1 amide bonds.